The van der Waals surface area contributed by atoms with Crippen LogP contribution in [0.3, 0.4) is 0 Å². The normalized spacial score (nSPS) is 21.3. The summed E-state index contributed by atoms with van der Waals surface area (Å²) in [5, 5.41) is 9.60. The minimum absolute atomic E-state index is 0.107. The fourth-order valence-corrected chi connectivity index (χ4v) is 2.18. The van der Waals surface area contributed by atoms with Gasteiger partial charge in [0.15, 0.2) is 0 Å². The first-order valence-corrected chi connectivity index (χ1v) is 5.63. The average molecular weight is 219 g/mol. The van der Waals surface area contributed by atoms with Gasteiger partial charge in [-0.05, 0) is 43.5 Å². The van der Waals surface area contributed by atoms with Crippen molar-refractivity contribution < 1.29 is 9.90 Å². The number of aliphatic hydroxyl groups excluding tert-OH is 1. The Bertz CT molecular complexity index is 394. The lowest BCUT2D eigenvalue weighted by atomic mass is 10.0. The number of carbonyl (C=O) groups is 1. The van der Waals surface area contributed by atoms with Crippen LogP contribution in [0.1, 0.15) is 24.0 Å². The maximum absolute atomic E-state index is 11.8. The molecule has 1 amide bonds. The Hall–Kier alpha value is -1.35. The highest BCUT2D eigenvalue weighted by molar-refractivity contribution is 5.94. The average Bonchev–Trinajstić information content (AvgIpc) is 2.20. The number of rotatable bonds is 1. The third-order valence-electron chi connectivity index (χ3n) is 2.90. The minimum atomic E-state index is -0.390. The molecule has 1 aliphatic rings. The molecule has 1 heterocycles. The Morgan fingerprint density at radius 1 is 1.25 bits per heavy atom. The molecule has 0 saturated carbocycles. The molecular weight excluding hydrogens is 202 g/mol. The molecule has 86 valence electrons. The number of carbonyl (C=O) groups excluding carboxylic acids is 1. The molecule has 3 heteroatoms. The fourth-order valence-electron chi connectivity index (χ4n) is 2.18. The molecule has 1 atom stereocenters. The number of hydrogen-bond donors (Lipinski definition) is 1. The van der Waals surface area contributed by atoms with Crippen LogP contribution in [0.25, 0.3) is 0 Å². The van der Waals surface area contributed by atoms with Gasteiger partial charge in [-0.3, -0.25) is 4.79 Å². The maximum Gasteiger partial charge on any atom is 0.227 e. The van der Waals surface area contributed by atoms with E-state index in [1.165, 1.54) is 0 Å². The summed E-state index contributed by atoms with van der Waals surface area (Å²) in [6.07, 6.45) is 0.632. The zero-order chi connectivity index (χ0) is 11.7. The second kappa shape index (κ2) is 4.26. The molecular formula is C13H17NO2. The van der Waals surface area contributed by atoms with E-state index in [1.807, 2.05) is 26.0 Å². The van der Waals surface area contributed by atoms with Crippen LogP contribution in [-0.4, -0.2) is 23.7 Å². The number of benzene rings is 1. The predicted octanol–water partition coefficient (Wildman–Crippen LogP) is 1.79. The van der Waals surface area contributed by atoms with Crippen molar-refractivity contribution in [3.63, 3.8) is 0 Å². The van der Waals surface area contributed by atoms with Crippen LogP contribution >= 0.6 is 0 Å². The summed E-state index contributed by atoms with van der Waals surface area (Å²) in [6, 6.07) is 6.06. The molecule has 1 unspecified atom stereocenters. The van der Waals surface area contributed by atoms with E-state index in [4.69, 9.17) is 0 Å². The van der Waals surface area contributed by atoms with Gasteiger partial charge in [0.2, 0.25) is 5.91 Å². The maximum atomic E-state index is 11.8. The molecule has 0 radical (unpaired) electrons. The highest BCUT2D eigenvalue weighted by Gasteiger charge is 2.25. The predicted molar refractivity (Wildman–Crippen MR) is 63.5 cm³/mol. The van der Waals surface area contributed by atoms with Crippen molar-refractivity contribution >= 4 is 11.6 Å². The second-order valence-corrected chi connectivity index (χ2v) is 4.54. The lowest BCUT2D eigenvalue weighted by Gasteiger charge is -2.30. The van der Waals surface area contributed by atoms with Crippen LogP contribution in [0.2, 0.25) is 0 Å². The van der Waals surface area contributed by atoms with Gasteiger partial charge in [0.1, 0.15) is 0 Å². The van der Waals surface area contributed by atoms with Crippen molar-refractivity contribution in [2.45, 2.75) is 32.8 Å². The molecule has 1 aromatic carbocycles. The van der Waals surface area contributed by atoms with Crippen LogP contribution in [0.15, 0.2) is 18.2 Å². The van der Waals surface area contributed by atoms with Crippen molar-refractivity contribution in [3.05, 3.63) is 29.3 Å². The van der Waals surface area contributed by atoms with Gasteiger partial charge in [-0.1, -0.05) is 6.07 Å². The fraction of sp³-hybridized carbons (Fsp3) is 0.462. The molecule has 1 saturated heterocycles. The molecule has 1 aromatic rings. The Kier molecular flexibility index (Phi) is 2.97. The zero-order valence-corrected chi connectivity index (χ0v) is 9.73. The van der Waals surface area contributed by atoms with Crippen molar-refractivity contribution in [3.8, 4) is 0 Å². The number of hydrogen-bond acceptors (Lipinski definition) is 2. The summed E-state index contributed by atoms with van der Waals surface area (Å²) in [5.74, 6) is 0.107. The molecule has 16 heavy (non-hydrogen) atoms. The van der Waals surface area contributed by atoms with Gasteiger partial charge in [-0.25, -0.2) is 0 Å². The van der Waals surface area contributed by atoms with Crippen LogP contribution in [0.5, 0.6) is 0 Å². The summed E-state index contributed by atoms with van der Waals surface area (Å²) < 4.78 is 0. The van der Waals surface area contributed by atoms with Gasteiger partial charge in [-0.15, -0.1) is 0 Å². The van der Waals surface area contributed by atoms with Crippen LogP contribution in [-0.2, 0) is 4.79 Å². The van der Waals surface area contributed by atoms with E-state index in [0.29, 0.717) is 19.4 Å². The Morgan fingerprint density at radius 2 is 1.88 bits per heavy atom. The van der Waals surface area contributed by atoms with Gasteiger partial charge >= 0.3 is 0 Å². The highest BCUT2D eigenvalue weighted by Crippen LogP contribution is 2.23. The van der Waals surface area contributed by atoms with Crippen LogP contribution < -0.4 is 4.90 Å². The summed E-state index contributed by atoms with van der Waals surface area (Å²) in [7, 11) is 0. The second-order valence-electron chi connectivity index (χ2n) is 4.54. The molecule has 1 N–H and O–H groups in total. The molecule has 0 aliphatic carbocycles. The Balaban J connectivity index is 2.31. The highest BCUT2D eigenvalue weighted by atomic mass is 16.3. The van der Waals surface area contributed by atoms with Crippen LogP contribution in [0.4, 0.5) is 5.69 Å². The number of nitrogens with zero attached hydrogens (tertiary/aromatic N) is 1. The van der Waals surface area contributed by atoms with E-state index in [2.05, 4.69) is 6.07 Å². The van der Waals surface area contributed by atoms with E-state index in [-0.39, 0.29) is 5.91 Å². The number of anilines is 1. The lowest BCUT2D eigenvalue weighted by molar-refractivity contribution is -0.121. The first-order valence-electron chi connectivity index (χ1n) is 5.63. The molecule has 2 rings (SSSR count). The molecule has 1 fully saturated rings. The molecule has 0 spiro atoms. The summed E-state index contributed by atoms with van der Waals surface area (Å²) in [6.45, 7) is 4.45. The Morgan fingerprint density at radius 3 is 2.50 bits per heavy atom. The third kappa shape index (κ3) is 2.25. The number of β-amino-alcohol motifs (C(OH)–C–C–N with tert-alkyl or cyclic N) is 1. The van der Waals surface area contributed by atoms with Gasteiger partial charge in [0, 0.05) is 12.1 Å². The monoisotopic (exact) mass is 219 g/mol. The first-order chi connectivity index (χ1) is 7.56. The van der Waals surface area contributed by atoms with E-state index in [9.17, 15) is 9.90 Å². The largest absolute Gasteiger partial charge is 0.391 e. The number of aryl methyl sites for hydroxylation is 2. The van der Waals surface area contributed by atoms with Crippen molar-refractivity contribution in [1.29, 1.82) is 0 Å². The van der Waals surface area contributed by atoms with Gasteiger partial charge in [0.05, 0.1) is 12.6 Å². The van der Waals surface area contributed by atoms with Gasteiger partial charge in [-0.2, -0.15) is 0 Å². The van der Waals surface area contributed by atoms with E-state index >= 15 is 0 Å². The lowest BCUT2D eigenvalue weighted by Crippen LogP contribution is -2.42. The van der Waals surface area contributed by atoms with Crippen LogP contribution in [0, 0.1) is 13.8 Å². The van der Waals surface area contributed by atoms with Crippen molar-refractivity contribution in [2.75, 3.05) is 11.4 Å². The molecule has 1 aliphatic heterocycles. The van der Waals surface area contributed by atoms with Gasteiger partial charge < -0.3 is 10.0 Å². The summed E-state index contributed by atoms with van der Waals surface area (Å²) >= 11 is 0. The van der Waals surface area contributed by atoms with Gasteiger partial charge in [0.25, 0.3) is 0 Å². The molecule has 0 aromatic heterocycles. The quantitative estimate of drug-likeness (QED) is 0.782. The number of aliphatic hydroxyl groups is 1. The third-order valence-corrected chi connectivity index (χ3v) is 2.90. The molecule has 0 bridgehead atoms. The van der Waals surface area contributed by atoms with Crippen molar-refractivity contribution in [2.24, 2.45) is 0 Å². The zero-order valence-electron chi connectivity index (χ0n) is 9.73. The van der Waals surface area contributed by atoms with E-state index in [1.54, 1.807) is 4.90 Å². The molecule has 3 nitrogen and oxygen atoms in total. The standard InChI is InChI=1S/C13H17NO2/c1-9-5-10(2)7-11(6-9)14-8-12(15)3-4-13(14)16/h5-7,12,15H,3-4,8H2,1-2H3. The summed E-state index contributed by atoms with van der Waals surface area (Å²) in [5.41, 5.74) is 3.19. The SMILES string of the molecule is Cc1cc(C)cc(N2CC(O)CCC2=O)c1. The summed E-state index contributed by atoms with van der Waals surface area (Å²) in [4.78, 5) is 13.5. The minimum Gasteiger partial charge on any atom is -0.391 e. The topological polar surface area (TPSA) is 40.5 Å². The van der Waals surface area contributed by atoms with E-state index in [0.717, 1.165) is 16.8 Å². The van der Waals surface area contributed by atoms with E-state index < -0.39 is 6.10 Å². The first kappa shape index (κ1) is 11.1. The van der Waals surface area contributed by atoms with Crippen molar-refractivity contribution in [1.82, 2.24) is 0 Å². The number of piperidine rings is 1. The number of amides is 1. The Labute approximate surface area is 95.7 Å². The smallest absolute Gasteiger partial charge is 0.227 e.